The zero-order valence-corrected chi connectivity index (χ0v) is 31.8. The average Bonchev–Trinajstić information content (AvgIpc) is 3.19. The number of allylic oxidation sites excluding steroid dienone is 4. The molecule has 278 valence electrons. The van der Waals surface area contributed by atoms with Crippen LogP contribution in [0.25, 0.3) is 39.0 Å². The summed E-state index contributed by atoms with van der Waals surface area (Å²) in [6.45, 7) is 13.0. The summed E-state index contributed by atoms with van der Waals surface area (Å²) in [4.78, 5) is 0. The van der Waals surface area contributed by atoms with E-state index < -0.39 is 0 Å². The third kappa shape index (κ3) is 11.2. The van der Waals surface area contributed by atoms with Gasteiger partial charge in [-0.2, -0.15) is 5.26 Å². The zero-order chi connectivity index (χ0) is 39.2. The number of benzene rings is 5. The average molecular weight is 732 g/mol. The zero-order valence-electron chi connectivity index (χ0n) is 31.8. The molecule has 5 aromatic rings. The molecule has 0 saturated heterocycles. The molecular formula is C50H47F2NO2. The number of hydrogen-bond donors (Lipinski definition) is 0. The maximum absolute atomic E-state index is 15.0. The minimum Gasteiger partial charge on any atom is -0.493 e. The van der Waals surface area contributed by atoms with E-state index in [4.69, 9.17) is 21.2 Å². The molecular weight excluding hydrogens is 685 g/mol. The SMILES string of the molecule is C#CC(=C)/C=C\C(=C)c1ccc(-c2ccc(OCCCCCCCCCOc3ccc(-c4ccc(-c5ccc(C#N)cc5)c(F)c4)cc3C)c(C)c2)cc1F. The lowest BCUT2D eigenvalue weighted by molar-refractivity contribution is 0.298. The highest BCUT2D eigenvalue weighted by Crippen LogP contribution is 2.32. The van der Waals surface area contributed by atoms with E-state index in [-0.39, 0.29) is 11.6 Å². The molecule has 0 unspecified atom stereocenters. The minimum atomic E-state index is -0.344. The van der Waals surface area contributed by atoms with E-state index in [0.29, 0.717) is 41.1 Å². The maximum atomic E-state index is 15.0. The van der Waals surface area contributed by atoms with Gasteiger partial charge in [-0.1, -0.05) is 106 Å². The molecule has 3 nitrogen and oxygen atoms in total. The fourth-order valence-electron chi connectivity index (χ4n) is 6.38. The van der Waals surface area contributed by atoms with Crippen LogP contribution in [-0.4, -0.2) is 13.2 Å². The summed E-state index contributed by atoms with van der Waals surface area (Å²) in [5.41, 5.74) is 8.74. The first-order chi connectivity index (χ1) is 26.7. The first-order valence-electron chi connectivity index (χ1n) is 18.8. The van der Waals surface area contributed by atoms with E-state index in [9.17, 15) is 4.39 Å². The van der Waals surface area contributed by atoms with Gasteiger partial charge in [-0.25, -0.2) is 8.78 Å². The topological polar surface area (TPSA) is 42.2 Å². The lowest BCUT2D eigenvalue weighted by Gasteiger charge is -2.12. The van der Waals surface area contributed by atoms with Crippen molar-refractivity contribution < 1.29 is 18.3 Å². The van der Waals surface area contributed by atoms with Gasteiger partial charge in [0.15, 0.2) is 0 Å². The van der Waals surface area contributed by atoms with Crippen LogP contribution in [-0.2, 0) is 0 Å². The second kappa shape index (κ2) is 19.8. The van der Waals surface area contributed by atoms with Crippen LogP contribution >= 0.6 is 0 Å². The summed E-state index contributed by atoms with van der Waals surface area (Å²) in [6.07, 6.45) is 16.4. The van der Waals surface area contributed by atoms with Gasteiger partial charge in [0.2, 0.25) is 0 Å². The fourth-order valence-corrected chi connectivity index (χ4v) is 6.38. The van der Waals surface area contributed by atoms with Crippen molar-refractivity contribution in [3.05, 3.63) is 162 Å². The number of hydrogen-bond acceptors (Lipinski definition) is 3. The molecule has 5 aromatic carbocycles. The Labute approximate surface area is 325 Å². The summed E-state index contributed by atoms with van der Waals surface area (Å²) < 4.78 is 42.1. The van der Waals surface area contributed by atoms with Crippen LogP contribution in [0, 0.1) is 49.2 Å². The molecule has 0 radical (unpaired) electrons. The van der Waals surface area contributed by atoms with Crippen LogP contribution in [0.2, 0.25) is 0 Å². The molecule has 0 aliphatic rings. The van der Waals surface area contributed by atoms with Gasteiger partial charge in [0.05, 0.1) is 24.8 Å². The van der Waals surface area contributed by atoms with Crippen molar-refractivity contribution in [1.29, 1.82) is 5.26 Å². The molecule has 5 heteroatoms. The van der Waals surface area contributed by atoms with Crippen LogP contribution in [0.4, 0.5) is 8.78 Å². The van der Waals surface area contributed by atoms with E-state index in [1.54, 1.807) is 54.6 Å². The summed E-state index contributed by atoms with van der Waals surface area (Å²) >= 11 is 0. The number of nitriles is 1. The number of rotatable bonds is 18. The van der Waals surface area contributed by atoms with Crippen LogP contribution in [0.3, 0.4) is 0 Å². The van der Waals surface area contributed by atoms with Crippen LogP contribution in [0.1, 0.15) is 67.2 Å². The van der Waals surface area contributed by atoms with E-state index in [0.717, 1.165) is 76.1 Å². The minimum absolute atomic E-state index is 0.299. The number of unbranched alkanes of at least 4 members (excludes halogenated alkanes) is 6. The Morgan fingerprint density at radius 3 is 1.58 bits per heavy atom. The van der Waals surface area contributed by atoms with Gasteiger partial charge in [0, 0.05) is 16.7 Å². The van der Waals surface area contributed by atoms with Gasteiger partial charge in [0.25, 0.3) is 0 Å². The number of halogens is 2. The maximum Gasteiger partial charge on any atom is 0.131 e. The number of nitrogens with zero attached hydrogens (tertiary/aromatic N) is 1. The van der Waals surface area contributed by atoms with Crippen molar-refractivity contribution in [1.82, 2.24) is 0 Å². The van der Waals surface area contributed by atoms with Gasteiger partial charge in [0.1, 0.15) is 23.1 Å². The number of ether oxygens (including phenoxy) is 2. The Hall–Kier alpha value is -6.17. The molecule has 0 spiro atoms. The third-order valence-corrected chi connectivity index (χ3v) is 9.60. The lowest BCUT2D eigenvalue weighted by atomic mass is 9.98. The highest BCUT2D eigenvalue weighted by molar-refractivity contribution is 5.76. The number of aryl methyl sites for hydroxylation is 2. The van der Waals surface area contributed by atoms with E-state index >= 15 is 4.39 Å². The second-order valence-corrected chi connectivity index (χ2v) is 13.7. The Morgan fingerprint density at radius 1 is 0.618 bits per heavy atom. The van der Waals surface area contributed by atoms with Gasteiger partial charge >= 0.3 is 0 Å². The standard InChI is InChI=1S/C50H47F2NO2/c1-6-35(2)14-15-36(3)45-24-20-43(32-47(45)51)41-22-26-49(37(4)30-41)54-28-12-10-8-7-9-11-13-29-55-50-27-23-42(31-38(50)5)44-21-25-46(48(52)33-44)40-18-16-39(34-53)17-19-40/h1,14-27,30-33H,2-3,7-13,28-29H2,4-5H3/b15-14-. The van der Waals surface area contributed by atoms with Crippen LogP contribution < -0.4 is 9.47 Å². The van der Waals surface area contributed by atoms with Gasteiger partial charge in [-0.05, 0) is 126 Å². The van der Waals surface area contributed by atoms with Crippen molar-refractivity contribution in [3.63, 3.8) is 0 Å². The van der Waals surface area contributed by atoms with Crippen LogP contribution in [0.5, 0.6) is 11.5 Å². The fraction of sp³-hybridized carbons (Fsp3) is 0.220. The molecule has 0 N–H and O–H groups in total. The van der Waals surface area contributed by atoms with Crippen molar-refractivity contribution in [2.24, 2.45) is 0 Å². The summed E-state index contributed by atoms with van der Waals surface area (Å²) in [7, 11) is 0. The molecule has 5 rings (SSSR count). The molecule has 0 aliphatic carbocycles. The summed E-state index contributed by atoms with van der Waals surface area (Å²) in [6, 6.07) is 31.4. The Morgan fingerprint density at radius 2 is 1.09 bits per heavy atom. The normalized spacial score (nSPS) is 10.9. The van der Waals surface area contributed by atoms with Crippen molar-refractivity contribution in [2.45, 2.75) is 58.8 Å². The van der Waals surface area contributed by atoms with E-state index in [2.05, 4.69) is 25.1 Å². The van der Waals surface area contributed by atoms with Crippen molar-refractivity contribution in [3.8, 4) is 63.3 Å². The van der Waals surface area contributed by atoms with Crippen molar-refractivity contribution in [2.75, 3.05) is 13.2 Å². The Balaban J connectivity index is 0.961. The molecule has 0 aromatic heterocycles. The van der Waals surface area contributed by atoms with E-state index in [1.807, 2.05) is 62.4 Å². The summed E-state index contributed by atoms with van der Waals surface area (Å²) in [5, 5.41) is 9.02. The van der Waals surface area contributed by atoms with Gasteiger partial charge < -0.3 is 9.47 Å². The van der Waals surface area contributed by atoms with Gasteiger partial charge in [-0.3, -0.25) is 0 Å². The molecule has 0 aliphatic heterocycles. The first-order valence-corrected chi connectivity index (χ1v) is 18.8. The molecule has 55 heavy (non-hydrogen) atoms. The summed E-state index contributed by atoms with van der Waals surface area (Å²) in [5.74, 6) is 3.49. The predicted octanol–water partition coefficient (Wildman–Crippen LogP) is 13.4. The Bertz CT molecular complexity index is 2250. The number of terminal acetylenes is 1. The largest absolute Gasteiger partial charge is 0.493 e. The van der Waals surface area contributed by atoms with Crippen LogP contribution in [0.15, 0.2) is 128 Å². The molecule has 0 fully saturated rings. The predicted molar refractivity (Wildman–Crippen MR) is 223 cm³/mol. The molecule has 0 amide bonds. The molecule has 0 saturated carbocycles. The quantitative estimate of drug-likeness (QED) is 0.0512. The highest BCUT2D eigenvalue weighted by Gasteiger charge is 2.11. The second-order valence-electron chi connectivity index (χ2n) is 13.7. The van der Waals surface area contributed by atoms with E-state index in [1.165, 1.54) is 25.3 Å². The monoisotopic (exact) mass is 731 g/mol. The first kappa shape index (κ1) is 40.0. The lowest BCUT2D eigenvalue weighted by Crippen LogP contribution is -2.00. The molecule has 0 heterocycles. The molecule has 0 bridgehead atoms. The van der Waals surface area contributed by atoms with Crippen molar-refractivity contribution >= 4 is 5.57 Å². The smallest absolute Gasteiger partial charge is 0.131 e. The Kier molecular flexibility index (Phi) is 14.4. The highest BCUT2D eigenvalue weighted by atomic mass is 19.1. The molecule has 0 atom stereocenters. The van der Waals surface area contributed by atoms with Gasteiger partial charge in [-0.15, -0.1) is 6.42 Å². The third-order valence-electron chi connectivity index (χ3n) is 9.60.